The molecule has 0 radical (unpaired) electrons. The number of pyridine rings is 1. The summed E-state index contributed by atoms with van der Waals surface area (Å²) in [4.78, 5) is 21.7. The lowest BCUT2D eigenvalue weighted by Gasteiger charge is -2.05. The lowest BCUT2D eigenvalue weighted by atomic mass is 10.2. The van der Waals surface area contributed by atoms with Gasteiger partial charge in [-0.25, -0.2) is 4.79 Å². The highest BCUT2D eigenvalue weighted by molar-refractivity contribution is 5.90. The molecule has 5 nitrogen and oxygen atoms in total. The molecule has 0 aromatic carbocycles. The van der Waals surface area contributed by atoms with Crippen molar-refractivity contribution in [1.29, 1.82) is 0 Å². The average Bonchev–Trinajstić information content (AvgIpc) is 2.07. The van der Waals surface area contributed by atoms with Crippen molar-refractivity contribution in [3.63, 3.8) is 0 Å². The van der Waals surface area contributed by atoms with Gasteiger partial charge in [-0.2, -0.15) is 0 Å². The Kier molecular flexibility index (Phi) is 2.10. The molecular weight excluding hydrogens is 174 g/mol. The summed E-state index contributed by atoms with van der Waals surface area (Å²) in [6.45, 7) is 1.38. The van der Waals surface area contributed by atoms with E-state index in [1.807, 2.05) is 0 Å². The number of nitrogens with zero attached hydrogens (tertiary/aromatic N) is 1. The number of carbonyl (C=O) groups is 1. The maximum absolute atomic E-state index is 11.2. The Hall–Kier alpha value is -1.78. The van der Waals surface area contributed by atoms with Crippen LogP contribution in [-0.2, 0) is 7.05 Å². The van der Waals surface area contributed by atoms with Gasteiger partial charge in [-0.1, -0.05) is 0 Å². The van der Waals surface area contributed by atoms with E-state index in [2.05, 4.69) is 0 Å². The van der Waals surface area contributed by atoms with Crippen molar-refractivity contribution in [2.75, 3.05) is 0 Å². The second-order valence-corrected chi connectivity index (χ2v) is 2.74. The Labute approximate surface area is 73.9 Å². The van der Waals surface area contributed by atoms with E-state index < -0.39 is 17.3 Å². The molecule has 2 N–H and O–H groups in total. The van der Waals surface area contributed by atoms with Crippen molar-refractivity contribution in [3.8, 4) is 5.75 Å². The number of carboxylic acids is 1. The van der Waals surface area contributed by atoms with Crippen LogP contribution in [0.2, 0.25) is 0 Å². The average molecular weight is 183 g/mol. The number of aromatic carboxylic acids is 1. The summed E-state index contributed by atoms with van der Waals surface area (Å²) in [6.07, 6.45) is 1.09. The van der Waals surface area contributed by atoms with Gasteiger partial charge in [0, 0.05) is 13.2 Å². The van der Waals surface area contributed by atoms with Crippen LogP contribution in [0.1, 0.15) is 15.9 Å². The molecule has 1 aromatic rings. The van der Waals surface area contributed by atoms with Crippen molar-refractivity contribution < 1.29 is 15.0 Å². The fourth-order valence-electron chi connectivity index (χ4n) is 1.04. The summed E-state index contributed by atoms with van der Waals surface area (Å²) in [5.41, 5.74) is -0.621. The molecule has 1 aromatic heterocycles. The summed E-state index contributed by atoms with van der Waals surface area (Å²) < 4.78 is 1.12. The zero-order valence-corrected chi connectivity index (χ0v) is 7.24. The molecule has 0 fully saturated rings. The Balaban J connectivity index is 3.60. The van der Waals surface area contributed by atoms with Crippen molar-refractivity contribution in [3.05, 3.63) is 27.7 Å². The Morgan fingerprint density at radius 3 is 2.54 bits per heavy atom. The predicted octanol–water partition coefficient (Wildman–Crippen LogP) is 0.0975. The SMILES string of the molecule is Cc1c(O)c(C(=O)O)cn(C)c1=O. The van der Waals surface area contributed by atoms with E-state index in [1.54, 1.807) is 0 Å². The normalized spacial score (nSPS) is 10.0. The summed E-state index contributed by atoms with van der Waals surface area (Å²) in [7, 11) is 1.43. The molecule has 0 amide bonds. The van der Waals surface area contributed by atoms with E-state index in [9.17, 15) is 14.7 Å². The van der Waals surface area contributed by atoms with Gasteiger partial charge in [0.2, 0.25) is 0 Å². The Morgan fingerprint density at radius 2 is 2.08 bits per heavy atom. The first kappa shape index (κ1) is 9.31. The van der Waals surface area contributed by atoms with Gasteiger partial charge in [0.15, 0.2) is 0 Å². The molecule has 5 heteroatoms. The number of rotatable bonds is 1. The number of aromatic nitrogens is 1. The second kappa shape index (κ2) is 2.93. The molecule has 0 aliphatic heterocycles. The molecular formula is C8H9NO4. The van der Waals surface area contributed by atoms with Crippen molar-refractivity contribution in [2.45, 2.75) is 6.92 Å². The summed E-state index contributed by atoms with van der Waals surface area (Å²) in [5, 5.41) is 17.9. The van der Waals surface area contributed by atoms with Gasteiger partial charge in [0.05, 0.1) is 5.56 Å². The molecule has 0 saturated carbocycles. The van der Waals surface area contributed by atoms with Crippen molar-refractivity contribution in [2.24, 2.45) is 7.05 Å². The highest BCUT2D eigenvalue weighted by atomic mass is 16.4. The molecule has 0 spiro atoms. The number of carboxylic acid groups (broad SMARTS) is 1. The first-order chi connectivity index (χ1) is 5.95. The van der Waals surface area contributed by atoms with Crippen LogP contribution in [0.3, 0.4) is 0 Å². The molecule has 13 heavy (non-hydrogen) atoms. The highest BCUT2D eigenvalue weighted by Crippen LogP contribution is 2.17. The van der Waals surface area contributed by atoms with Gasteiger partial charge in [-0.15, -0.1) is 0 Å². The van der Waals surface area contributed by atoms with Gasteiger partial charge in [-0.3, -0.25) is 4.79 Å². The molecule has 0 unspecified atom stereocenters. The van der Waals surface area contributed by atoms with E-state index in [1.165, 1.54) is 14.0 Å². The second-order valence-electron chi connectivity index (χ2n) is 2.74. The van der Waals surface area contributed by atoms with Crippen LogP contribution in [0.15, 0.2) is 11.0 Å². The minimum Gasteiger partial charge on any atom is -0.507 e. The van der Waals surface area contributed by atoms with E-state index >= 15 is 0 Å². The molecule has 0 saturated heterocycles. The summed E-state index contributed by atoms with van der Waals surface area (Å²) in [5.74, 6) is -1.72. The monoisotopic (exact) mass is 183 g/mol. The lowest BCUT2D eigenvalue weighted by Crippen LogP contribution is -2.20. The lowest BCUT2D eigenvalue weighted by molar-refractivity contribution is 0.0692. The van der Waals surface area contributed by atoms with Gasteiger partial charge in [-0.05, 0) is 6.92 Å². The van der Waals surface area contributed by atoms with E-state index in [-0.39, 0.29) is 11.1 Å². The van der Waals surface area contributed by atoms with Crippen LogP contribution in [0, 0.1) is 6.92 Å². The minimum absolute atomic E-state index is 0.0439. The van der Waals surface area contributed by atoms with E-state index in [0.29, 0.717) is 0 Å². The third kappa shape index (κ3) is 1.40. The van der Waals surface area contributed by atoms with Crippen molar-refractivity contribution in [1.82, 2.24) is 4.57 Å². The van der Waals surface area contributed by atoms with Gasteiger partial charge in [0.1, 0.15) is 11.3 Å². The number of aromatic hydroxyl groups is 1. The van der Waals surface area contributed by atoms with E-state index in [4.69, 9.17) is 5.11 Å². The van der Waals surface area contributed by atoms with Crippen LogP contribution in [0.5, 0.6) is 5.75 Å². The standard InChI is InChI=1S/C8H9NO4/c1-4-6(10)5(8(12)13)3-9(2)7(4)11/h3,10H,1-2H3,(H,12,13). The van der Waals surface area contributed by atoms with Crippen LogP contribution >= 0.6 is 0 Å². The maximum Gasteiger partial charge on any atom is 0.341 e. The first-order valence-electron chi connectivity index (χ1n) is 3.57. The maximum atomic E-state index is 11.2. The van der Waals surface area contributed by atoms with Crippen LogP contribution in [0.25, 0.3) is 0 Å². The fourth-order valence-corrected chi connectivity index (χ4v) is 1.04. The van der Waals surface area contributed by atoms with Crippen LogP contribution in [0.4, 0.5) is 0 Å². The molecule has 70 valence electrons. The molecule has 1 rings (SSSR count). The van der Waals surface area contributed by atoms with Crippen LogP contribution in [-0.4, -0.2) is 20.7 Å². The smallest absolute Gasteiger partial charge is 0.341 e. The molecule has 0 bridgehead atoms. The molecule has 0 aliphatic carbocycles. The number of aryl methyl sites for hydroxylation is 1. The zero-order chi connectivity index (χ0) is 10.2. The largest absolute Gasteiger partial charge is 0.507 e. The first-order valence-corrected chi connectivity index (χ1v) is 3.57. The van der Waals surface area contributed by atoms with Gasteiger partial charge < -0.3 is 14.8 Å². The van der Waals surface area contributed by atoms with E-state index in [0.717, 1.165) is 10.8 Å². The molecule has 1 heterocycles. The summed E-state index contributed by atoms with van der Waals surface area (Å²) >= 11 is 0. The third-order valence-electron chi connectivity index (χ3n) is 1.80. The van der Waals surface area contributed by atoms with Crippen LogP contribution < -0.4 is 5.56 Å². The Morgan fingerprint density at radius 1 is 1.54 bits per heavy atom. The quantitative estimate of drug-likeness (QED) is 0.647. The fraction of sp³-hybridized carbons (Fsp3) is 0.250. The van der Waals surface area contributed by atoms with Crippen molar-refractivity contribution >= 4 is 5.97 Å². The van der Waals surface area contributed by atoms with Gasteiger partial charge >= 0.3 is 5.97 Å². The highest BCUT2D eigenvalue weighted by Gasteiger charge is 2.14. The number of hydrogen-bond donors (Lipinski definition) is 2. The van der Waals surface area contributed by atoms with Gasteiger partial charge in [0.25, 0.3) is 5.56 Å². The molecule has 0 atom stereocenters. The topological polar surface area (TPSA) is 79.5 Å². The predicted molar refractivity (Wildman–Crippen MR) is 45.0 cm³/mol. The number of hydrogen-bond acceptors (Lipinski definition) is 3. The summed E-state index contributed by atoms with van der Waals surface area (Å²) in [6, 6.07) is 0. The zero-order valence-electron chi connectivity index (χ0n) is 7.24. The third-order valence-corrected chi connectivity index (χ3v) is 1.80. The Bertz CT molecular complexity index is 419. The minimum atomic E-state index is -1.25. The molecule has 0 aliphatic rings.